The minimum absolute atomic E-state index is 0.0494. The fraction of sp³-hybridized carbons (Fsp3) is 0.355. The third kappa shape index (κ3) is 4.94. The van der Waals surface area contributed by atoms with Crippen LogP contribution in [0.5, 0.6) is 23.0 Å². The summed E-state index contributed by atoms with van der Waals surface area (Å²) in [5, 5.41) is 17.5. The lowest BCUT2D eigenvalue weighted by molar-refractivity contribution is 0.235. The fourth-order valence-corrected chi connectivity index (χ4v) is 5.71. The van der Waals surface area contributed by atoms with Crippen LogP contribution in [0.3, 0.4) is 0 Å². The zero-order valence-corrected chi connectivity index (χ0v) is 23.4. The van der Waals surface area contributed by atoms with Crippen LogP contribution in [-0.4, -0.2) is 86.5 Å². The van der Waals surface area contributed by atoms with Gasteiger partial charge in [0.2, 0.25) is 0 Å². The summed E-state index contributed by atoms with van der Waals surface area (Å²) in [6, 6.07) is 7.41. The van der Waals surface area contributed by atoms with E-state index in [-0.39, 0.29) is 12.1 Å². The van der Waals surface area contributed by atoms with Crippen molar-refractivity contribution in [1.82, 2.24) is 9.80 Å². The summed E-state index contributed by atoms with van der Waals surface area (Å²) >= 11 is 0. The van der Waals surface area contributed by atoms with Crippen LogP contribution in [0.1, 0.15) is 30.4 Å². The van der Waals surface area contributed by atoms with Crippen LogP contribution in [0.25, 0.3) is 0 Å². The fourth-order valence-electron chi connectivity index (χ4n) is 5.71. The lowest BCUT2D eigenvalue weighted by Gasteiger charge is -2.23. The molecular formula is C31H34N6O4. The standard InChI is InChI=1S/C31H34N6O4/c1-18-8-20-14-34-24-12-28(26(38-3)10-22(24)30(32)36(20)16-18)40-6-5-7-41-29-13-25-23(11-27(29)39-4)31(33)37-17-19(2)9-21(37)15-35-25/h10-15,20-21,32-33H,1-2,5-9,16-17H2,3-4H3/t20-,21-/m0/s1. The molecule has 2 saturated heterocycles. The molecule has 2 fully saturated rings. The lowest BCUT2D eigenvalue weighted by atomic mass is 10.1. The minimum atomic E-state index is 0.0494. The molecule has 6 rings (SSSR count). The number of hydrogen-bond donors (Lipinski definition) is 2. The molecule has 0 amide bonds. The second kappa shape index (κ2) is 10.8. The van der Waals surface area contributed by atoms with Gasteiger partial charge in [-0.3, -0.25) is 20.8 Å². The van der Waals surface area contributed by atoms with Gasteiger partial charge >= 0.3 is 0 Å². The molecule has 0 saturated carbocycles. The highest BCUT2D eigenvalue weighted by atomic mass is 16.5. The number of ether oxygens (including phenoxy) is 4. The van der Waals surface area contributed by atoms with Gasteiger partial charge in [-0.15, -0.1) is 0 Å². The highest BCUT2D eigenvalue weighted by Crippen LogP contribution is 2.40. The van der Waals surface area contributed by atoms with Crippen molar-refractivity contribution in [3.05, 3.63) is 59.7 Å². The van der Waals surface area contributed by atoms with Gasteiger partial charge in [-0.25, -0.2) is 0 Å². The zero-order valence-electron chi connectivity index (χ0n) is 23.4. The van der Waals surface area contributed by atoms with Gasteiger partial charge in [-0.1, -0.05) is 24.3 Å². The molecule has 0 radical (unpaired) electrons. The molecule has 212 valence electrons. The van der Waals surface area contributed by atoms with Crippen molar-refractivity contribution in [3.8, 4) is 23.0 Å². The summed E-state index contributed by atoms with van der Waals surface area (Å²) in [6.45, 7) is 10.3. The number of rotatable bonds is 8. The van der Waals surface area contributed by atoms with Crippen molar-refractivity contribution in [1.29, 1.82) is 10.8 Å². The predicted molar refractivity (Wildman–Crippen MR) is 160 cm³/mol. The number of nitrogens with zero attached hydrogens (tertiary/aromatic N) is 4. The van der Waals surface area contributed by atoms with E-state index in [1.165, 1.54) is 0 Å². The van der Waals surface area contributed by atoms with Crippen molar-refractivity contribution in [2.24, 2.45) is 9.98 Å². The van der Waals surface area contributed by atoms with E-state index in [1.807, 2.05) is 46.5 Å². The molecule has 2 N–H and O–H groups in total. The topological polar surface area (TPSA) is 116 Å². The van der Waals surface area contributed by atoms with E-state index in [0.717, 1.165) is 24.0 Å². The predicted octanol–water partition coefficient (Wildman–Crippen LogP) is 4.90. The van der Waals surface area contributed by atoms with Crippen molar-refractivity contribution < 1.29 is 18.9 Å². The quantitative estimate of drug-likeness (QED) is 0.354. The molecule has 0 unspecified atom stereocenters. The molecular weight excluding hydrogens is 520 g/mol. The Morgan fingerprint density at radius 2 is 1.17 bits per heavy atom. The molecule has 2 atom stereocenters. The number of aliphatic imine (C=N–C) groups is 2. The van der Waals surface area contributed by atoms with Gasteiger partial charge < -0.3 is 28.7 Å². The molecule has 41 heavy (non-hydrogen) atoms. The van der Waals surface area contributed by atoms with E-state index >= 15 is 0 Å². The van der Waals surface area contributed by atoms with Crippen molar-refractivity contribution in [2.45, 2.75) is 31.3 Å². The van der Waals surface area contributed by atoms with E-state index in [2.05, 4.69) is 23.1 Å². The van der Waals surface area contributed by atoms with Gasteiger partial charge in [0.1, 0.15) is 11.7 Å². The maximum absolute atomic E-state index is 8.76. The average Bonchev–Trinajstić information content (AvgIpc) is 3.48. The first-order valence-corrected chi connectivity index (χ1v) is 13.7. The highest BCUT2D eigenvalue weighted by molar-refractivity contribution is 6.06. The van der Waals surface area contributed by atoms with Crippen molar-refractivity contribution >= 4 is 35.5 Å². The molecule has 0 aliphatic carbocycles. The van der Waals surface area contributed by atoms with E-state index in [9.17, 15) is 0 Å². The average molecular weight is 555 g/mol. The van der Waals surface area contributed by atoms with Gasteiger partial charge in [0.15, 0.2) is 23.0 Å². The molecule has 10 heteroatoms. The minimum Gasteiger partial charge on any atom is -0.493 e. The van der Waals surface area contributed by atoms with Crippen LogP contribution < -0.4 is 18.9 Å². The first-order chi connectivity index (χ1) is 19.9. The summed E-state index contributed by atoms with van der Waals surface area (Å²) in [7, 11) is 3.18. The molecule has 0 bridgehead atoms. The van der Waals surface area contributed by atoms with Gasteiger partial charge in [0, 0.05) is 55.2 Å². The van der Waals surface area contributed by atoms with Gasteiger partial charge in [0.25, 0.3) is 0 Å². The summed E-state index contributed by atoms with van der Waals surface area (Å²) in [4.78, 5) is 13.4. The van der Waals surface area contributed by atoms with Crippen LogP contribution >= 0.6 is 0 Å². The first kappa shape index (κ1) is 26.6. The largest absolute Gasteiger partial charge is 0.493 e. The van der Waals surface area contributed by atoms with Crippen LogP contribution in [-0.2, 0) is 0 Å². The van der Waals surface area contributed by atoms with Crippen molar-refractivity contribution in [2.75, 3.05) is 40.5 Å². The number of hydrogen-bond acceptors (Lipinski definition) is 8. The summed E-state index contributed by atoms with van der Waals surface area (Å²) < 4.78 is 23.3. The SMILES string of the molecule is C=C1C[C@H]2C=Nc3cc(OCCCOc4cc5c(cc4OC)C(=N)N4CC(=C)C[C@H]4C=N5)c(OC)cc3C(=N)N2C1. The number of fused-ring (bicyclic) bond motifs is 4. The Hall–Kier alpha value is -4.60. The van der Waals surface area contributed by atoms with E-state index < -0.39 is 0 Å². The van der Waals surface area contributed by atoms with E-state index in [4.69, 9.17) is 29.8 Å². The molecule has 0 aromatic heterocycles. The van der Waals surface area contributed by atoms with E-state index in [1.54, 1.807) is 14.2 Å². The number of benzene rings is 2. The molecule has 4 aliphatic heterocycles. The molecule has 2 aromatic rings. The summed E-state index contributed by atoms with van der Waals surface area (Å²) in [5.74, 6) is 3.08. The zero-order chi connectivity index (χ0) is 28.7. The maximum atomic E-state index is 8.76. The number of amidine groups is 2. The third-order valence-corrected chi connectivity index (χ3v) is 7.81. The van der Waals surface area contributed by atoms with Crippen molar-refractivity contribution in [3.63, 3.8) is 0 Å². The Balaban J connectivity index is 1.11. The van der Waals surface area contributed by atoms with Crippen LogP contribution in [0.15, 0.2) is 58.6 Å². The van der Waals surface area contributed by atoms with Gasteiger partial charge in [-0.05, 0) is 25.0 Å². The summed E-state index contributed by atoms with van der Waals surface area (Å²) in [6.07, 6.45) is 6.00. The molecule has 0 spiro atoms. The molecule has 10 nitrogen and oxygen atoms in total. The van der Waals surface area contributed by atoms with Gasteiger partial charge in [0.05, 0.1) is 50.9 Å². The van der Waals surface area contributed by atoms with Crippen LogP contribution in [0.4, 0.5) is 11.4 Å². The Labute approximate surface area is 239 Å². The smallest absolute Gasteiger partial charge is 0.163 e. The molecule has 4 aliphatic rings. The lowest BCUT2D eigenvalue weighted by Crippen LogP contribution is -2.35. The number of methoxy groups -OCH3 is 2. The Morgan fingerprint density at radius 3 is 1.59 bits per heavy atom. The van der Waals surface area contributed by atoms with Crippen LogP contribution in [0, 0.1) is 10.8 Å². The first-order valence-electron chi connectivity index (χ1n) is 13.7. The maximum Gasteiger partial charge on any atom is 0.163 e. The summed E-state index contributed by atoms with van der Waals surface area (Å²) in [5.41, 5.74) is 5.00. The molecule has 4 heterocycles. The van der Waals surface area contributed by atoms with Crippen LogP contribution in [0.2, 0.25) is 0 Å². The Morgan fingerprint density at radius 1 is 0.732 bits per heavy atom. The Bertz CT molecular complexity index is 1400. The number of nitrogens with one attached hydrogen (secondary N) is 2. The monoisotopic (exact) mass is 554 g/mol. The van der Waals surface area contributed by atoms with E-state index in [0.29, 0.717) is 89.9 Å². The second-order valence-corrected chi connectivity index (χ2v) is 10.6. The molecule has 2 aromatic carbocycles. The third-order valence-electron chi connectivity index (χ3n) is 7.81. The van der Waals surface area contributed by atoms with Gasteiger partial charge in [-0.2, -0.15) is 0 Å². The highest BCUT2D eigenvalue weighted by Gasteiger charge is 2.33. The Kier molecular flexibility index (Phi) is 6.98. The second-order valence-electron chi connectivity index (χ2n) is 10.6. The normalized spacial score (nSPS) is 20.7.